The van der Waals surface area contributed by atoms with Gasteiger partial charge < -0.3 is 39.9 Å². The molecule has 350 valence electrons. The molecule has 1 aliphatic carbocycles. The van der Waals surface area contributed by atoms with E-state index in [4.69, 9.17) is 18.5 Å². The Balaban J connectivity index is 2.36. The van der Waals surface area contributed by atoms with Gasteiger partial charge in [0.2, 0.25) is 0 Å². The Morgan fingerprint density at radius 2 is 0.898 bits per heavy atom. The highest BCUT2D eigenvalue weighted by molar-refractivity contribution is 7.47. The van der Waals surface area contributed by atoms with E-state index in [9.17, 15) is 39.8 Å². The summed E-state index contributed by atoms with van der Waals surface area (Å²) in [5.41, 5.74) is 0. The van der Waals surface area contributed by atoms with Crippen LogP contribution in [0.2, 0.25) is 0 Å². The zero-order valence-electron chi connectivity index (χ0n) is 37.3. The highest BCUT2D eigenvalue weighted by Crippen LogP contribution is 2.47. The Morgan fingerprint density at radius 1 is 0.525 bits per heavy atom. The van der Waals surface area contributed by atoms with Crippen LogP contribution in [0.25, 0.3) is 0 Å². The first-order chi connectivity index (χ1) is 28.5. The van der Waals surface area contributed by atoms with E-state index in [1.54, 1.807) is 0 Å². The van der Waals surface area contributed by atoms with Crippen molar-refractivity contribution in [3.8, 4) is 0 Å². The van der Waals surface area contributed by atoms with Crippen molar-refractivity contribution in [2.24, 2.45) is 0 Å². The first-order valence-electron chi connectivity index (χ1n) is 24.0. The summed E-state index contributed by atoms with van der Waals surface area (Å²) in [4.78, 5) is 23.1. The molecule has 0 radical (unpaired) electrons. The summed E-state index contributed by atoms with van der Waals surface area (Å²) in [6, 6.07) is 0. The number of phosphoric ester groups is 1. The van der Waals surface area contributed by atoms with Crippen LogP contribution in [0, 0.1) is 0 Å². The Morgan fingerprint density at radius 3 is 1.34 bits per heavy atom. The van der Waals surface area contributed by atoms with Crippen molar-refractivity contribution in [1.29, 1.82) is 0 Å². The number of unbranched alkanes of at least 4 members (excludes halogenated alkanes) is 27. The second-order valence-corrected chi connectivity index (χ2v) is 18.4. The van der Waals surface area contributed by atoms with E-state index in [-0.39, 0.29) is 13.0 Å². The van der Waals surface area contributed by atoms with Gasteiger partial charge in [0, 0.05) is 13.0 Å². The summed E-state index contributed by atoms with van der Waals surface area (Å²) in [6.07, 6.45) is 28.5. The predicted molar refractivity (Wildman–Crippen MR) is 235 cm³/mol. The van der Waals surface area contributed by atoms with Crippen molar-refractivity contribution >= 4 is 13.8 Å². The molecule has 1 aliphatic rings. The van der Waals surface area contributed by atoms with Crippen LogP contribution in [-0.2, 0) is 27.9 Å². The normalized spacial score (nSPS) is 22.5. The van der Waals surface area contributed by atoms with E-state index in [1.807, 2.05) is 0 Å². The zero-order valence-corrected chi connectivity index (χ0v) is 38.2. The molecule has 0 saturated heterocycles. The quantitative estimate of drug-likeness (QED) is 0.0148. The van der Waals surface area contributed by atoms with Crippen molar-refractivity contribution in [3.63, 3.8) is 0 Å². The van der Waals surface area contributed by atoms with Crippen LogP contribution >= 0.6 is 7.82 Å². The van der Waals surface area contributed by atoms with E-state index < -0.39 is 63.1 Å². The number of aliphatic hydroxyl groups excluding tert-OH is 5. The molecule has 6 unspecified atom stereocenters. The summed E-state index contributed by atoms with van der Waals surface area (Å²) in [7, 11) is -5.01. The Bertz CT molecular complexity index is 1030. The van der Waals surface area contributed by atoms with Gasteiger partial charge in [0.15, 0.2) is 0 Å². The molecule has 0 aromatic rings. The number of phosphoric acid groups is 1. The Hall–Kier alpha value is -0.920. The van der Waals surface area contributed by atoms with Gasteiger partial charge in [-0.3, -0.25) is 13.8 Å². The molecule has 12 nitrogen and oxygen atoms in total. The molecule has 1 fully saturated rings. The summed E-state index contributed by atoms with van der Waals surface area (Å²) in [5, 5.41) is 50.2. The second-order valence-electron chi connectivity index (χ2n) is 17.0. The van der Waals surface area contributed by atoms with E-state index in [0.717, 1.165) is 57.8 Å². The van der Waals surface area contributed by atoms with Gasteiger partial charge in [-0.1, -0.05) is 180 Å². The summed E-state index contributed by atoms with van der Waals surface area (Å²) in [5.74, 6) is -0.482. The lowest BCUT2D eigenvalue weighted by Gasteiger charge is -2.41. The SMILES string of the molecule is CCCCCCC/C=C\CCCCCCCC(=O)OC(COCCCCCCCCCCCCCCCCCCCC)COP(=O)(O)OC1C(O)C(O)C(O)C(O)C1O. The van der Waals surface area contributed by atoms with Crippen LogP contribution in [-0.4, -0.2) is 98.9 Å². The van der Waals surface area contributed by atoms with Gasteiger partial charge in [-0.2, -0.15) is 0 Å². The second kappa shape index (κ2) is 37.6. The van der Waals surface area contributed by atoms with E-state index in [0.29, 0.717) is 13.0 Å². The van der Waals surface area contributed by atoms with Crippen LogP contribution < -0.4 is 0 Å². The fourth-order valence-electron chi connectivity index (χ4n) is 7.53. The van der Waals surface area contributed by atoms with Crippen LogP contribution in [0.1, 0.15) is 213 Å². The van der Waals surface area contributed by atoms with E-state index in [2.05, 4.69) is 26.0 Å². The molecule has 1 saturated carbocycles. The molecule has 0 aromatic carbocycles. The minimum Gasteiger partial charge on any atom is -0.457 e. The van der Waals surface area contributed by atoms with Gasteiger partial charge in [-0.25, -0.2) is 4.57 Å². The number of aliphatic hydroxyl groups is 5. The fourth-order valence-corrected chi connectivity index (χ4v) is 8.50. The Kier molecular flexibility index (Phi) is 35.8. The zero-order chi connectivity index (χ0) is 43.4. The lowest BCUT2D eigenvalue weighted by molar-refractivity contribution is -0.220. The standard InChI is InChI=1S/C46H89O12P/c1-3-5-7-9-11-13-15-17-19-20-21-22-24-26-28-30-32-34-36-55-37-39(38-56-59(53,54)58-46-44(51)42(49)41(48)43(50)45(46)52)57-40(47)35-33-31-29-27-25-23-18-16-14-12-10-8-6-4-2/h16,18,39,41-46,48-52H,3-15,17,19-38H2,1-2H3,(H,53,54)/b18-16-. The van der Waals surface area contributed by atoms with Gasteiger partial charge >= 0.3 is 13.8 Å². The molecular weight excluding hydrogens is 775 g/mol. The number of carbonyl (C=O) groups excluding carboxylic acids is 1. The van der Waals surface area contributed by atoms with Gasteiger partial charge in [-0.15, -0.1) is 0 Å². The topological polar surface area (TPSA) is 192 Å². The number of carbonyl (C=O) groups is 1. The lowest BCUT2D eigenvalue weighted by atomic mass is 9.85. The molecular formula is C46H89O12P. The number of rotatable bonds is 41. The summed E-state index contributed by atoms with van der Waals surface area (Å²) >= 11 is 0. The number of hydrogen-bond acceptors (Lipinski definition) is 11. The van der Waals surface area contributed by atoms with Crippen molar-refractivity contribution in [1.82, 2.24) is 0 Å². The van der Waals surface area contributed by atoms with Crippen molar-refractivity contribution < 1.29 is 58.3 Å². The molecule has 6 atom stereocenters. The molecule has 0 aromatic heterocycles. The van der Waals surface area contributed by atoms with Crippen LogP contribution in [0.5, 0.6) is 0 Å². The van der Waals surface area contributed by atoms with Crippen molar-refractivity contribution in [2.75, 3.05) is 19.8 Å². The smallest absolute Gasteiger partial charge is 0.457 e. The first kappa shape index (κ1) is 56.1. The maximum Gasteiger partial charge on any atom is 0.472 e. The fraction of sp³-hybridized carbons (Fsp3) is 0.935. The maximum atomic E-state index is 12.8. The molecule has 13 heteroatoms. The number of hydrogen-bond donors (Lipinski definition) is 6. The average Bonchev–Trinajstić information content (AvgIpc) is 3.22. The number of allylic oxidation sites excluding steroid dienone is 2. The number of ether oxygens (including phenoxy) is 2. The molecule has 6 N–H and O–H groups in total. The summed E-state index contributed by atoms with van der Waals surface area (Å²) < 4.78 is 34.2. The molecule has 0 amide bonds. The third-order valence-corrected chi connectivity index (χ3v) is 12.4. The van der Waals surface area contributed by atoms with Crippen molar-refractivity contribution in [2.45, 2.75) is 256 Å². The van der Waals surface area contributed by atoms with Gasteiger partial charge in [0.05, 0.1) is 13.2 Å². The Labute approximate surface area is 358 Å². The molecule has 0 aliphatic heterocycles. The predicted octanol–water partition coefficient (Wildman–Crippen LogP) is 9.92. The van der Waals surface area contributed by atoms with Crippen LogP contribution in [0.4, 0.5) is 0 Å². The minimum atomic E-state index is -5.01. The molecule has 0 bridgehead atoms. The van der Waals surface area contributed by atoms with E-state index in [1.165, 1.54) is 128 Å². The van der Waals surface area contributed by atoms with Gasteiger partial charge in [0.1, 0.15) is 42.7 Å². The summed E-state index contributed by atoms with van der Waals surface area (Å²) in [6.45, 7) is 4.27. The van der Waals surface area contributed by atoms with E-state index >= 15 is 0 Å². The molecule has 0 heterocycles. The first-order valence-corrected chi connectivity index (χ1v) is 25.5. The largest absolute Gasteiger partial charge is 0.472 e. The molecule has 1 rings (SSSR count). The van der Waals surface area contributed by atoms with Crippen LogP contribution in [0.15, 0.2) is 12.2 Å². The van der Waals surface area contributed by atoms with Gasteiger partial charge in [-0.05, 0) is 38.5 Å². The average molecular weight is 865 g/mol. The third-order valence-electron chi connectivity index (χ3n) is 11.4. The maximum absolute atomic E-state index is 12.8. The third kappa shape index (κ3) is 29.9. The highest BCUT2D eigenvalue weighted by atomic mass is 31.2. The lowest BCUT2D eigenvalue weighted by Crippen LogP contribution is -2.64. The van der Waals surface area contributed by atoms with Crippen LogP contribution in [0.3, 0.4) is 0 Å². The monoisotopic (exact) mass is 865 g/mol. The number of esters is 1. The molecule has 0 spiro atoms. The molecule has 59 heavy (non-hydrogen) atoms. The highest BCUT2D eigenvalue weighted by Gasteiger charge is 2.51. The van der Waals surface area contributed by atoms with Gasteiger partial charge in [0.25, 0.3) is 0 Å². The minimum absolute atomic E-state index is 0.0742. The van der Waals surface area contributed by atoms with Crippen molar-refractivity contribution in [3.05, 3.63) is 12.2 Å².